The van der Waals surface area contributed by atoms with Gasteiger partial charge in [0, 0.05) is 28.2 Å². The third kappa shape index (κ3) is 9.65. The van der Waals surface area contributed by atoms with Gasteiger partial charge in [0.15, 0.2) is 0 Å². The Morgan fingerprint density at radius 1 is 0.524 bits per heavy atom. The van der Waals surface area contributed by atoms with Gasteiger partial charge in [-0.1, -0.05) is 70.6 Å². The molecule has 2 saturated carbocycles. The highest BCUT2D eigenvalue weighted by Crippen LogP contribution is 2.45. The fourth-order valence-electron chi connectivity index (χ4n) is 9.69. The van der Waals surface area contributed by atoms with Crippen LogP contribution in [-0.4, -0.2) is 57.1 Å². The molecular weight excluding hydrogens is 518 g/mol. The Balaban J connectivity index is 1.10. The van der Waals surface area contributed by atoms with Gasteiger partial charge in [-0.3, -0.25) is 9.68 Å². The maximum atomic E-state index is 6.71. The third-order valence-electron chi connectivity index (χ3n) is 11.1. The number of nitrogens with one attached hydrogen (secondary N) is 1. The van der Waals surface area contributed by atoms with Crippen molar-refractivity contribution in [2.45, 2.75) is 224 Å². The lowest BCUT2D eigenvalue weighted by molar-refractivity contribution is -0.314. The largest absolute Gasteiger partial charge is 0.314 e. The minimum Gasteiger partial charge on any atom is -0.314 e. The number of piperidine rings is 2. The van der Waals surface area contributed by atoms with E-state index in [9.17, 15) is 0 Å². The highest BCUT2D eigenvalue weighted by molar-refractivity contribution is 5.00. The molecule has 2 heterocycles. The summed E-state index contributed by atoms with van der Waals surface area (Å²) in [7, 11) is 0. The summed E-state index contributed by atoms with van der Waals surface area (Å²) < 4.78 is 0. The number of unbranched alkanes of at least 4 members (excludes halogenated alkanes) is 4. The van der Waals surface area contributed by atoms with Crippen molar-refractivity contribution >= 4 is 0 Å². The van der Waals surface area contributed by atoms with Crippen LogP contribution in [0.2, 0.25) is 0 Å². The van der Waals surface area contributed by atoms with Crippen LogP contribution >= 0.6 is 0 Å². The van der Waals surface area contributed by atoms with Crippen molar-refractivity contribution in [1.29, 1.82) is 0 Å². The smallest absolute Gasteiger partial charge is 0.0793 e. The molecule has 2 aliphatic heterocycles. The Kier molecular flexibility index (Phi) is 12.3. The minimum atomic E-state index is 0.0676. The standard InChI is InChI=1S/C37H71N3O2/c1-34(2)26-30(27-35(3,4)39(34)41-32-21-15-12-16-22-32)20-14-10-9-11-19-25-38-31-28-36(5,6)40(37(7,8)29-31)42-33-23-17-13-18-24-33/h30-33,38H,9-29H2,1-8H3. The fourth-order valence-corrected chi connectivity index (χ4v) is 9.69. The molecule has 0 unspecified atom stereocenters. The number of hydrogen-bond donors (Lipinski definition) is 1. The number of rotatable bonds is 13. The Morgan fingerprint density at radius 3 is 1.40 bits per heavy atom. The van der Waals surface area contributed by atoms with E-state index in [1.54, 1.807) is 0 Å². The zero-order valence-electron chi connectivity index (χ0n) is 29.4. The summed E-state index contributed by atoms with van der Waals surface area (Å²) in [5.74, 6) is 0.822. The topological polar surface area (TPSA) is 37.0 Å². The maximum Gasteiger partial charge on any atom is 0.0793 e. The fraction of sp³-hybridized carbons (Fsp3) is 1.00. The van der Waals surface area contributed by atoms with Crippen LogP contribution in [0.1, 0.15) is 184 Å². The lowest BCUT2D eigenvalue weighted by atomic mass is 9.73. The molecule has 42 heavy (non-hydrogen) atoms. The van der Waals surface area contributed by atoms with Crippen molar-refractivity contribution in [3.8, 4) is 0 Å². The second kappa shape index (κ2) is 14.9. The van der Waals surface area contributed by atoms with Crippen LogP contribution in [0.4, 0.5) is 0 Å². The van der Waals surface area contributed by atoms with Crippen LogP contribution in [0.5, 0.6) is 0 Å². The van der Waals surface area contributed by atoms with Gasteiger partial charge in [-0.2, -0.15) is 10.1 Å². The average molecular weight is 590 g/mol. The molecule has 0 aromatic heterocycles. The van der Waals surface area contributed by atoms with Gasteiger partial charge in [-0.05, 0) is 126 Å². The van der Waals surface area contributed by atoms with E-state index in [1.165, 1.54) is 128 Å². The van der Waals surface area contributed by atoms with Crippen molar-refractivity contribution in [2.75, 3.05) is 6.54 Å². The molecule has 5 heteroatoms. The van der Waals surface area contributed by atoms with Crippen LogP contribution < -0.4 is 5.32 Å². The molecule has 0 aromatic rings. The van der Waals surface area contributed by atoms with E-state index in [4.69, 9.17) is 9.68 Å². The first-order valence-corrected chi connectivity index (χ1v) is 18.5. The normalized spacial score (nSPS) is 28.3. The Labute approximate surface area is 261 Å². The summed E-state index contributed by atoms with van der Waals surface area (Å²) in [5.41, 5.74) is 0.379. The van der Waals surface area contributed by atoms with E-state index in [0.717, 1.165) is 12.5 Å². The molecule has 4 aliphatic rings. The van der Waals surface area contributed by atoms with E-state index in [2.05, 4.69) is 70.8 Å². The summed E-state index contributed by atoms with van der Waals surface area (Å²) in [5, 5.41) is 8.77. The second-order valence-electron chi connectivity index (χ2n) is 17.5. The molecular formula is C37H71N3O2. The van der Waals surface area contributed by atoms with Crippen LogP contribution in [0, 0.1) is 5.92 Å². The summed E-state index contributed by atoms with van der Waals surface area (Å²) in [6.45, 7) is 20.4. The van der Waals surface area contributed by atoms with Crippen LogP contribution in [0.15, 0.2) is 0 Å². The maximum absolute atomic E-state index is 6.71. The Hall–Kier alpha value is -0.200. The average Bonchev–Trinajstić information content (AvgIpc) is 2.90. The molecule has 0 amide bonds. The molecule has 2 saturated heterocycles. The predicted octanol–water partition coefficient (Wildman–Crippen LogP) is 9.74. The Bertz CT molecular complexity index is 695. The van der Waals surface area contributed by atoms with Crippen LogP contribution in [0.3, 0.4) is 0 Å². The molecule has 2 aliphatic carbocycles. The molecule has 246 valence electrons. The van der Waals surface area contributed by atoms with Gasteiger partial charge in [0.05, 0.1) is 12.2 Å². The lowest BCUT2D eigenvalue weighted by Gasteiger charge is -2.55. The molecule has 0 bridgehead atoms. The van der Waals surface area contributed by atoms with Crippen LogP contribution in [0.25, 0.3) is 0 Å². The molecule has 4 fully saturated rings. The predicted molar refractivity (Wildman–Crippen MR) is 177 cm³/mol. The minimum absolute atomic E-state index is 0.0676. The molecule has 0 radical (unpaired) electrons. The van der Waals surface area contributed by atoms with E-state index >= 15 is 0 Å². The first kappa shape index (κ1) is 34.7. The summed E-state index contributed by atoms with van der Waals surface area (Å²) in [6.07, 6.45) is 27.0. The number of hydroxylamine groups is 4. The molecule has 4 rings (SSSR count). The third-order valence-corrected chi connectivity index (χ3v) is 11.1. The first-order chi connectivity index (χ1) is 19.8. The van der Waals surface area contributed by atoms with Gasteiger partial charge in [-0.25, -0.2) is 0 Å². The highest BCUT2D eigenvalue weighted by atomic mass is 16.7. The van der Waals surface area contributed by atoms with E-state index in [-0.39, 0.29) is 22.2 Å². The van der Waals surface area contributed by atoms with Crippen molar-refractivity contribution < 1.29 is 9.68 Å². The molecule has 1 N–H and O–H groups in total. The first-order valence-electron chi connectivity index (χ1n) is 18.5. The van der Waals surface area contributed by atoms with Crippen molar-refractivity contribution in [3.63, 3.8) is 0 Å². The monoisotopic (exact) mass is 590 g/mol. The zero-order valence-corrected chi connectivity index (χ0v) is 29.4. The van der Waals surface area contributed by atoms with Gasteiger partial charge in [0.25, 0.3) is 0 Å². The van der Waals surface area contributed by atoms with Gasteiger partial charge in [0.1, 0.15) is 0 Å². The Morgan fingerprint density at radius 2 is 0.929 bits per heavy atom. The molecule has 5 nitrogen and oxygen atoms in total. The van der Waals surface area contributed by atoms with Gasteiger partial charge in [0.2, 0.25) is 0 Å². The lowest BCUT2D eigenvalue weighted by Crippen LogP contribution is -2.64. The molecule has 0 spiro atoms. The SMILES string of the molecule is CC1(C)CC(CCCCCCCNC2CC(C)(C)N(OC3CCCCC3)C(C)(C)C2)CC(C)(C)N1OC1CCCCC1. The van der Waals surface area contributed by atoms with E-state index in [1.807, 2.05) is 0 Å². The summed E-state index contributed by atoms with van der Waals surface area (Å²) >= 11 is 0. The number of hydrogen-bond acceptors (Lipinski definition) is 5. The van der Waals surface area contributed by atoms with Gasteiger partial charge >= 0.3 is 0 Å². The van der Waals surface area contributed by atoms with E-state index in [0.29, 0.717) is 18.2 Å². The zero-order chi connectivity index (χ0) is 30.4. The molecule has 0 atom stereocenters. The van der Waals surface area contributed by atoms with Gasteiger partial charge < -0.3 is 5.32 Å². The number of nitrogens with zero attached hydrogens (tertiary/aromatic N) is 2. The summed E-state index contributed by atoms with van der Waals surface area (Å²) in [6, 6.07) is 0.584. The van der Waals surface area contributed by atoms with E-state index < -0.39 is 0 Å². The van der Waals surface area contributed by atoms with Crippen molar-refractivity contribution in [2.24, 2.45) is 5.92 Å². The van der Waals surface area contributed by atoms with Crippen LogP contribution in [-0.2, 0) is 9.68 Å². The summed E-state index contributed by atoms with van der Waals surface area (Å²) in [4.78, 5) is 13.4. The highest BCUT2D eigenvalue weighted by Gasteiger charge is 2.48. The van der Waals surface area contributed by atoms with Crippen molar-refractivity contribution in [3.05, 3.63) is 0 Å². The van der Waals surface area contributed by atoms with Gasteiger partial charge in [-0.15, -0.1) is 0 Å². The molecule has 0 aromatic carbocycles. The quantitative estimate of drug-likeness (QED) is 0.216. The second-order valence-corrected chi connectivity index (χ2v) is 17.5. The van der Waals surface area contributed by atoms with Crippen molar-refractivity contribution in [1.82, 2.24) is 15.4 Å².